The lowest BCUT2D eigenvalue weighted by Gasteiger charge is -2.29. The van der Waals surface area contributed by atoms with Crippen LogP contribution in [0.15, 0.2) is 24.3 Å². The minimum absolute atomic E-state index is 0.163. The first-order chi connectivity index (χ1) is 10.5. The van der Waals surface area contributed by atoms with E-state index in [1.54, 1.807) is 4.90 Å². The summed E-state index contributed by atoms with van der Waals surface area (Å²) in [4.78, 5) is 15.5. The standard InChI is InChI=1S/C17H25ClN2O2/c1-13(10-14-5-7-15(18)8-6-14)19(2)11-16(21)12-20-9-3-4-17(20)22/h5-8,13,16,21H,3-4,9-12H2,1-2H3. The van der Waals surface area contributed by atoms with Gasteiger partial charge in [-0.2, -0.15) is 0 Å². The molecule has 1 amide bonds. The molecule has 1 heterocycles. The van der Waals surface area contributed by atoms with Gasteiger partial charge in [0.1, 0.15) is 0 Å². The molecule has 1 aliphatic heterocycles. The highest BCUT2D eigenvalue weighted by atomic mass is 35.5. The Labute approximate surface area is 137 Å². The molecule has 1 saturated heterocycles. The number of carbonyl (C=O) groups is 1. The molecule has 0 aliphatic carbocycles. The molecular weight excluding hydrogens is 300 g/mol. The van der Waals surface area contributed by atoms with Crippen LogP contribution in [0.3, 0.4) is 0 Å². The second-order valence-corrected chi connectivity index (χ2v) is 6.65. The Hall–Kier alpha value is -1.10. The Balaban J connectivity index is 1.78. The van der Waals surface area contributed by atoms with Gasteiger partial charge >= 0.3 is 0 Å². The van der Waals surface area contributed by atoms with E-state index in [9.17, 15) is 9.90 Å². The SMILES string of the molecule is CC(Cc1ccc(Cl)cc1)N(C)CC(O)CN1CCCC1=O. The Kier molecular flexibility index (Phi) is 6.24. The van der Waals surface area contributed by atoms with Crippen molar-refractivity contribution in [2.45, 2.75) is 38.3 Å². The Morgan fingerprint density at radius 1 is 1.36 bits per heavy atom. The van der Waals surface area contributed by atoms with E-state index in [0.29, 0.717) is 25.6 Å². The van der Waals surface area contributed by atoms with Crippen molar-refractivity contribution < 1.29 is 9.90 Å². The van der Waals surface area contributed by atoms with Crippen molar-refractivity contribution in [3.63, 3.8) is 0 Å². The van der Waals surface area contributed by atoms with Crippen molar-refractivity contribution in [1.29, 1.82) is 0 Å². The van der Waals surface area contributed by atoms with Crippen LogP contribution in [-0.2, 0) is 11.2 Å². The lowest BCUT2D eigenvalue weighted by Crippen LogP contribution is -2.42. The van der Waals surface area contributed by atoms with Crippen LogP contribution >= 0.6 is 11.6 Å². The first-order valence-corrected chi connectivity index (χ1v) is 8.24. The maximum absolute atomic E-state index is 11.6. The zero-order valence-corrected chi connectivity index (χ0v) is 14.1. The first-order valence-electron chi connectivity index (χ1n) is 7.86. The summed E-state index contributed by atoms with van der Waals surface area (Å²) in [6.07, 6.45) is 1.94. The summed E-state index contributed by atoms with van der Waals surface area (Å²) in [6.45, 7) is 3.93. The summed E-state index contributed by atoms with van der Waals surface area (Å²) in [5.74, 6) is 0.163. The molecule has 0 spiro atoms. The number of hydrogen-bond donors (Lipinski definition) is 1. The van der Waals surface area contributed by atoms with Crippen molar-refractivity contribution in [1.82, 2.24) is 9.80 Å². The largest absolute Gasteiger partial charge is 0.390 e. The second kappa shape index (κ2) is 7.95. The summed E-state index contributed by atoms with van der Waals surface area (Å²) in [7, 11) is 2.01. The molecule has 1 aromatic rings. The minimum atomic E-state index is -0.500. The van der Waals surface area contributed by atoms with Crippen LogP contribution in [0, 0.1) is 0 Å². The van der Waals surface area contributed by atoms with Gasteiger partial charge in [0.25, 0.3) is 0 Å². The molecule has 2 atom stereocenters. The molecule has 122 valence electrons. The number of carbonyl (C=O) groups excluding carboxylic acids is 1. The molecule has 4 nitrogen and oxygen atoms in total. The van der Waals surface area contributed by atoms with Crippen molar-refractivity contribution in [2.75, 3.05) is 26.7 Å². The highest BCUT2D eigenvalue weighted by molar-refractivity contribution is 6.30. The van der Waals surface area contributed by atoms with Crippen molar-refractivity contribution in [2.24, 2.45) is 0 Å². The fourth-order valence-electron chi connectivity index (χ4n) is 2.84. The summed E-state index contributed by atoms with van der Waals surface area (Å²) < 4.78 is 0. The molecule has 1 aliphatic rings. The molecule has 2 unspecified atom stereocenters. The number of β-amino-alcohol motifs (C(OH)–C–C–N with tert-alkyl or cyclic N) is 1. The summed E-state index contributed by atoms with van der Waals surface area (Å²) in [6, 6.07) is 8.18. The average Bonchev–Trinajstić information content (AvgIpc) is 2.86. The van der Waals surface area contributed by atoms with Crippen LogP contribution < -0.4 is 0 Å². The third kappa shape index (κ3) is 4.97. The van der Waals surface area contributed by atoms with Crippen LogP contribution in [0.25, 0.3) is 0 Å². The van der Waals surface area contributed by atoms with Gasteiger partial charge in [-0.25, -0.2) is 0 Å². The highest BCUT2D eigenvalue weighted by Gasteiger charge is 2.23. The smallest absolute Gasteiger partial charge is 0.222 e. The number of amides is 1. The predicted molar refractivity (Wildman–Crippen MR) is 89.1 cm³/mol. The average molecular weight is 325 g/mol. The molecule has 0 radical (unpaired) electrons. The van der Waals surface area contributed by atoms with Gasteiger partial charge in [-0.15, -0.1) is 0 Å². The molecule has 0 aromatic heterocycles. The Morgan fingerprint density at radius 3 is 2.64 bits per heavy atom. The maximum Gasteiger partial charge on any atom is 0.222 e. The van der Waals surface area contributed by atoms with Gasteiger partial charge in [0, 0.05) is 37.1 Å². The maximum atomic E-state index is 11.6. The van der Waals surface area contributed by atoms with Crippen LogP contribution in [0.1, 0.15) is 25.3 Å². The second-order valence-electron chi connectivity index (χ2n) is 6.22. The molecule has 0 bridgehead atoms. The van der Waals surface area contributed by atoms with Crippen molar-refractivity contribution in [3.8, 4) is 0 Å². The number of halogens is 1. The fourth-order valence-corrected chi connectivity index (χ4v) is 2.96. The molecule has 1 N–H and O–H groups in total. The molecule has 1 aromatic carbocycles. The third-order valence-electron chi connectivity index (χ3n) is 4.30. The summed E-state index contributed by atoms with van der Waals surface area (Å²) >= 11 is 5.90. The van der Waals surface area contributed by atoms with E-state index in [4.69, 9.17) is 11.6 Å². The van der Waals surface area contributed by atoms with E-state index in [0.717, 1.165) is 24.4 Å². The number of benzene rings is 1. The van der Waals surface area contributed by atoms with Crippen LogP contribution in [0.4, 0.5) is 0 Å². The number of aliphatic hydroxyl groups excluding tert-OH is 1. The zero-order chi connectivity index (χ0) is 16.1. The molecule has 22 heavy (non-hydrogen) atoms. The third-order valence-corrected chi connectivity index (χ3v) is 4.55. The van der Waals surface area contributed by atoms with Gasteiger partial charge in [0.2, 0.25) is 5.91 Å². The highest BCUT2D eigenvalue weighted by Crippen LogP contribution is 2.14. The summed E-state index contributed by atoms with van der Waals surface area (Å²) in [5.41, 5.74) is 1.23. The summed E-state index contributed by atoms with van der Waals surface area (Å²) in [5, 5.41) is 10.9. The number of likely N-dealkylation sites (tertiary alicyclic amines) is 1. The molecule has 1 fully saturated rings. The molecule has 0 saturated carbocycles. The van der Waals surface area contributed by atoms with E-state index in [2.05, 4.69) is 11.8 Å². The van der Waals surface area contributed by atoms with Crippen LogP contribution in [0.5, 0.6) is 0 Å². The number of nitrogens with zero attached hydrogens (tertiary/aromatic N) is 2. The van der Waals surface area contributed by atoms with Gasteiger partial charge < -0.3 is 14.9 Å². The molecule has 5 heteroatoms. The normalized spacial score (nSPS) is 18.0. The fraction of sp³-hybridized carbons (Fsp3) is 0.588. The quantitative estimate of drug-likeness (QED) is 0.836. The van der Waals surface area contributed by atoms with Crippen molar-refractivity contribution >= 4 is 17.5 Å². The van der Waals surface area contributed by atoms with E-state index < -0.39 is 6.10 Å². The lowest BCUT2D eigenvalue weighted by atomic mass is 10.1. The van der Waals surface area contributed by atoms with Crippen LogP contribution in [0.2, 0.25) is 5.02 Å². The van der Waals surface area contributed by atoms with E-state index in [-0.39, 0.29) is 5.91 Å². The number of aliphatic hydroxyl groups is 1. The Bertz CT molecular complexity index is 492. The number of hydrogen-bond acceptors (Lipinski definition) is 3. The van der Waals surface area contributed by atoms with Gasteiger partial charge in [0.15, 0.2) is 0 Å². The van der Waals surface area contributed by atoms with Gasteiger partial charge in [-0.3, -0.25) is 4.79 Å². The molecule has 2 rings (SSSR count). The topological polar surface area (TPSA) is 43.8 Å². The zero-order valence-electron chi connectivity index (χ0n) is 13.3. The number of likely N-dealkylation sites (N-methyl/N-ethyl adjacent to an activating group) is 1. The lowest BCUT2D eigenvalue weighted by molar-refractivity contribution is -0.129. The number of rotatable bonds is 7. The van der Waals surface area contributed by atoms with Gasteiger partial charge in [-0.1, -0.05) is 23.7 Å². The van der Waals surface area contributed by atoms with Gasteiger partial charge in [-0.05, 0) is 44.5 Å². The van der Waals surface area contributed by atoms with Gasteiger partial charge in [0.05, 0.1) is 6.10 Å². The van der Waals surface area contributed by atoms with E-state index in [1.807, 2.05) is 31.3 Å². The monoisotopic (exact) mass is 324 g/mol. The minimum Gasteiger partial charge on any atom is -0.390 e. The van der Waals surface area contributed by atoms with Crippen molar-refractivity contribution in [3.05, 3.63) is 34.9 Å². The molecular formula is C17H25ClN2O2. The van der Waals surface area contributed by atoms with Crippen LogP contribution in [-0.4, -0.2) is 59.6 Å². The Morgan fingerprint density at radius 2 is 2.05 bits per heavy atom. The van der Waals surface area contributed by atoms with E-state index in [1.165, 1.54) is 5.56 Å². The first kappa shape index (κ1) is 17.3. The van der Waals surface area contributed by atoms with E-state index >= 15 is 0 Å². The predicted octanol–water partition coefficient (Wildman–Crippen LogP) is 2.19.